The molecular formula is C25H28N2O6. The molecule has 1 amide bonds. The molecule has 0 aromatic heterocycles. The van der Waals surface area contributed by atoms with Crippen LogP contribution in [0.4, 0.5) is 0 Å². The lowest BCUT2D eigenvalue weighted by Crippen LogP contribution is -2.35. The van der Waals surface area contributed by atoms with E-state index in [4.69, 9.17) is 9.47 Å². The zero-order valence-corrected chi connectivity index (χ0v) is 19.2. The van der Waals surface area contributed by atoms with Gasteiger partial charge < -0.3 is 24.4 Å². The first-order valence-electron chi connectivity index (χ1n) is 10.7. The molecule has 1 N–H and O–H groups in total. The second kappa shape index (κ2) is 10.3. The Bertz CT molecular complexity index is 1090. The maximum Gasteiger partial charge on any atom is 0.308 e. The number of aliphatic hydroxyl groups excluding tert-OH is 1. The molecule has 1 aliphatic rings. The van der Waals surface area contributed by atoms with Crippen LogP contribution in [0.15, 0.2) is 54.1 Å². The highest BCUT2D eigenvalue weighted by molar-refractivity contribution is 6.46. The SMILES string of the molecule is CCOc1cccc(/C(O)=C2/C(=O)C(=O)N(CCN(C)C)C2c2cccc(OC(C)=O)c2)c1. The summed E-state index contributed by atoms with van der Waals surface area (Å²) in [5.41, 5.74) is 0.897. The number of likely N-dealkylation sites (N-methyl/N-ethyl adjacent to an activating group) is 1. The highest BCUT2D eigenvalue weighted by Crippen LogP contribution is 2.40. The van der Waals surface area contributed by atoms with E-state index in [0.29, 0.717) is 30.0 Å². The van der Waals surface area contributed by atoms with Gasteiger partial charge in [0.1, 0.15) is 17.3 Å². The molecule has 0 aliphatic carbocycles. The average molecular weight is 453 g/mol. The van der Waals surface area contributed by atoms with Crippen LogP contribution in [0.2, 0.25) is 0 Å². The number of likely N-dealkylation sites (tertiary alicyclic amines) is 1. The quantitative estimate of drug-likeness (QED) is 0.216. The van der Waals surface area contributed by atoms with Gasteiger partial charge in [-0.05, 0) is 50.8 Å². The number of benzene rings is 2. The largest absolute Gasteiger partial charge is 0.507 e. The van der Waals surface area contributed by atoms with Crippen molar-refractivity contribution in [2.45, 2.75) is 19.9 Å². The zero-order chi connectivity index (χ0) is 24.1. The predicted octanol–water partition coefficient (Wildman–Crippen LogP) is 2.99. The minimum atomic E-state index is -0.837. The number of hydrogen-bond acceptors (Lipinski definition) is 7. The molecule has 0 saturated carbocycles. The molecular weight excluding hydrogens is 424 g/mol. The standard InChI is InChI=1S/C25H28N2O6/c1-5-32-19-10-7-9-18(15-19)23(29)21-22(17-8-6-11-20(14-17)33-16(2)28)27(13-12-26(3)4)25(31)24(21)30/h6-11,14-15,22,29H,5,12-13H2,1-4H3/b23-21-. The van der Waals surface area contributed by atoms with Gasteiger partial charge in [-0.2, -0.15) is 0 Å². The van der Waals surface area contributed by atoms with Gasteiger partial charge in [-0.1, -0.05) is 24.3 Å². The van der Waals surface area contributed by atoms with Crippen LogP contribution in [0.5, 0.6) is 11.5 Å². The number of amides is 1. The van der Waals surface area contributed by atoms with Gasteiger partial charge in [-0.15, -0.1) is 0 Å². The fraction of sp³-hybridized carbons (Fsp3) is 0.320. The number of carbonyl (C=O) groups excluding carboxylic acids is 3. The van der Waals surface area contributed by atoms with Crippen molar-refractivity contribution in [1.29, 1.82) is 0 Å². The van der Waals surface area contributed by atoms with Gasteiger partial charge in [0.05, 0.1) is 18.2 Å². The minimum absolute atomic E-state index is 0.0209. The van der Waals surface area contributed by atoms with Crippen LogP contribution in [-0.2, 0) is 14.4 Å². The summed E-state index contributed by atoms with van der Waals surface area (Å²) < 4.78 is 10.7. The predicted molar refractivity (Wildman–Crippen MR) is 123 cm³/mol. The van der Waals surface area contributed by atoms with E-state index in [0.717, 1.165) is 0 Å². The average Bonchev–Trinajstić information content (AvgIpc) is 3.02. The van der Waals surface area contributed by atoms with Gasteiger partial charge in [0.25, 0.3) is 11.7 Å². The molecule has 8 heteroatoms. The Morgan fingerprint density at radius 1 is 1.09 bits per heavy atom. The summed E-state index contributed by atoms with van der Waals surface area (Å²) in [5.74, 6) is -1.40. The Morgan fingerprint density at radius 2 is 1.79 bits per heavy atom. The molecule has 1 atom stereocenters. The Morgan fingerprint density at radius 3 is 2.45 bits per heavy atom. The van der Waals surface area contributed by atoms with E-state index in [9.17, 15) is 19.5 Å². The lowest BCUT2D eigenvalue weighted by molar-refractivity contribution is -0.140. The van der Waals surface area contributed by atoms with Crippen molar-refractivity contribution < 1.29 is 29.0 Å². The summed E-state index contributed by atoms with van der Waals surface area (Å²) in [7, 11) is 3.73. The van der Waals surface area contributed by atoms with Crippen LogP contribution in [0, 0.1) is 0 Å². The molecule has 1 aliphatic heterocycles. The molecule has 8 nitrogen and oxygen atoms in total. The number of rotatable bonds is 8. The zero-order valence-electron chi connectivity index (χ0n) is 19.2. The van der Waals surface area contributed by atoms with Gasteiger partial charge in [0, 0.05) is 25.6 Å². The normalized spacial score (nSPS) is 17.5. The minimum Gasteiger partial charge on any atom is -0.507 e. The third-order valence-electron chi connectivity index (χ3n) is 5.18. The lowest BCUT2D eigenvalue weighted by atomic mass is 9.95. The van der Waals surface area contributed by atoms with Crippen LogP contribution < -0.4 is 9.47 Å². The first kappa shape index (κ1) is 24.0. The van der Waals surface area contributed by atoms with Gasteiger partial charge in [-0.3, -0.25) is 14.4 Å². The number of aliphatic hydroxyl groups is 1. The van der Waals surface area contributed by atoms with Crippen LogP contribution in [0.25, 0.3) is 5.76 Å². The number of carbonyl (C=O) groups is 3. The van der Waals surface area contributed by atoms with Crippen LogP contribution >= 0.6 is 0 Å². The van der Waals surface area contributed by atoms with Crippen molar-refractivity contribution in [3.63, 3.8) is 0 Å². The van der Waals surface area contributed by atoms with Crippen molar-refractivity contribution in [3.05, 3.63) is 65.2 Å². The summed E-state index contributed by atoms with van der Waals surface area (Å²) >= 11 is 0. The van der Waals surface area contributed by atoms with Gasteiger partial charge in [0.2, 0.25) is 0 Å². The third-order valence-corrected chi connectivity index (χ3v) is 5.18. The summed E-state index contributed by atoms with van der Waals surface area (Å²) in [6.07, 6.45) is 0. The van der Waals surface area contributed by atoms with Crippen molar-refractivity contribution in [2.24, 2.45) is 0 Å². The topological polar surface area (TPSA) is 96.4 Å². The third kappa shape index (κ3) is 5.40. The van der Waals surface area contributed by atoms with Gasteiger partial charge in [-0.25, -0.2) is 0 Å². The molecule has 2 aromatic rings. The summed E-state index contributed by atoms with van der Waals surface area (Å²) in [5, 5.41) is 11.2. The highest BCUT2D eigenvalue weighted by Gasteiger charge is 2.46. The number of nitrogens with zero attached hydrogens (tertiary/aromatic N) is 2. The number of ketones is 1. The maximum absolute atomic E-state index is 13.1. The summed E-state index contributed by atoms with van der Waals surface area (Å²) in [6, 6.07) is 12.5. The van der Waals surface area contributed by atoms with E-state index >= 15 is 0 Å². The van der Waals surface area contributed by atoms with Crippen molar-refractivity contribution in [3.8, 4) is 11.5 Å². The molecule has 0 radical (unpaired) electrons. The molecule has 3 rings (SSSR count). The van der Waals surface area contributed by atoms with E-state index in [1.54, 1.807) is 48.5 Å². The second-order valence-electron chi connectivity index (χ2n) is 7.92. The molecule has 1 unspecified atom stereocenters. The smallest absolute Gasteiger partial charge is 0.308 e. The first-order chi connectivity index (χ1) is 15.7. The molecule has 2 aromatic carbocycles. The Labute approximate surface area is 193 Å². The van der Waals surface area contributed by atoms with Crippen molar-refractivity contribution in [2.75, 3.05) is 33.8 Å². The molecule has 174 valence electrons. The number of ether oxygens (including phenoxy) is 2. The van der Waals surface area contributed by atoms with Crippen LogP contribution in [0.1, 0.15) is 31.0 Å². The van der Waals surface area contributed by atoms with Gasteiger partial charge >= 0.3 is 5.97 Å². The molecule has 1 heterocycles. The van der Waals surface area contributed by atoms with Crippen LogP contribution in [0.3, 0.4) is 0 Å². The summed E-state index contributed by atoms with van der Waals surface area (Å²) in [6.45, 7) is 4.38. The van der Waals surface area contributed by atoms with E-state index in [1.165, 1.54) is 11.8 Å². The van der Waals surface area contributed by atoms with E-state index in [-0.39, 0.29) is 23.6 Å². The number of hydrogen-bond donors (Lipinski definition) is 1. The molecule has 0 spiro atoms. The monoisotopic (exact) mass is 452 g/mol. The van der Waals surface area contributed by atoms with E-state index in [1.807, 2.05) is 25.9 Å². The van der Waals surface area contributed by atoms with E-state index < -0.39 is 23.7 Å². The molecule has 0 bridgehead atoms. The van der Waals surface area contributed by atoms with Crippen molar-refractivity contribution >= 4 is 23.4 Å². The van der Waals surface area contributed by atoms with Crippen molar-refractivity contribution in [1.82, 2.24) is 9.80 Å². The number of Topliss-reactive ketones (excluding diaryl/α,β-unsaturated/α-hetero) is 1. The van der Waals surface area contributed by atoms with Crippen LogP contribution in [-0.4, -0.2) is 66.4 Å². The first-order valence-corrected chi connectivity index (χ1v) is 10.7. The fourth-order valence-corrected chi connectivity index (χ4v) is 3.73. The highest BCUT2D eigenvalue weighted by atomic mass is 16.5. The molecule has 33 heavy (non-hydrogen) atoms. The Hall–Kier alpha value is -3.65. The fourth-order valence-electron chi connectivity index (χ4n) is 3.73. The maximum atomic E-state index is 13.1. The number of esters is 1. The Kier molecular flexibility index (Phi) is 7.50. The molecule has 1 saturated heterocycles. The van der Waals surface area contributed by atoms with Gasteiger partial charge in [0.15, 0.2) is 0 Å². The second-order valence-corrected chi connectivity index (χ2v) is 7.92. The lowest BCUT2D eigenvalue weighted by Gasteiger charge is -2.26. The summed E-state index contributed by atoms with van der Waals surface area (Å²) in [4.78, 5) is 40.8. The molecule has 1 fully saturated rings. The Balaban J connectivity index is 2.15. The van der Waals surface area contributed by atoms with E-state index in [2.05, 4.69) is 0 Å².